The smallest absolute Gasteiger partial charge is 0.219 e. The lowest BCUT2D eigenvalue weighted by atomic mass is 10.2. The number of aliphatic hydroxyl groups excluding tert-OH is 1. The Labute approximate surface area is 79.7 Å². The molecule has 1 saturated carbocycles. The average molecular weight is 185 g/mol. The SMILES string of the molecule is CC[C@H](CO)N(CC1CC1)C(C)=O. The van der Waals surface area contributed by atoms with Crippen molar-refractivity contribution in [2.45, 2.75) is 39.2 Å². The van der Waals surface area contributed by atoms with E-state index in [9.17, 15) is 4.79 Å². The maximum Gasteiger partial charge on any atom is 0.219 e. The van der Waals surface area contributed by atoms with Crippen molar-refractivity contribution >= 4 is 5.91 Å². The molecular weight excluding hydrogens is 166 g/mol. The van der Waals surface area contributed by atoms with Crippen LogP contribution >= 0.6 is 0 Å². The van der Waals surface area contributed by atoms with E-state index in [-0.39, 0.29) is 18.6 Å². The predicted octanol–water partition coefficient (Wildman–Crippen LogP) is 1.02. The van der Waals surface area contributed by atoms with Gasteiger partial charge in [0.05, 0.1) is 12.6 Å². The summed E-state index contributed by atoms with van der Waals surface area (Å²) in [6.07, 6.45) is 3.32. The lowest BCUT2D eigenvalue weighted by molar-refractivity contribution is -0.132. The largest absolute Gasteiger partial charge is 0.394 e. The van der Waals surface area contributed by atoms with Gasteiger partial charge in [0.2, 0.25) is 5.91 Å². The van der Waals surface area contributed by atoms with Crippen molar-refractivity contribution in [1.29, 1.82) is 0 Å². The van der Waals surface area contributed by atoms with Crippen LogP contribution in [0.25, 0.3) is 0 Å². The maximum atomic E-state index is 11.3. The van der Waals surface area contributed by atoms with Crippen molar-refractivity contribution < 1.29 is 9.90 Å². The van der Waals surface area contributed by atoms with Crippen LogP contribution in [-0.4, -0.2) is 35.1 Å². The van der Waals surface area contributed by atoms with Crippen molar-refractivity contribution in [3.8, 4) is 0 Å². The van der Waals surface area contributed by atoms with E-state index in [2.05, 4.69) is 0 Å². The van der Waals surface area contributed by atoms with Crippen molar-refractivity contribution in [2.75, 3.05) is 13.2 Å². The van der Waals surface area contributed by atoms with Gasteiger partial charge >= 0.3 is 0 Å². The second kappa shape index (κ2) is 4.61. The van der Waals surface area contributed by atoms with Gasteiger partial charge in [-0.2, -0.15) is 0 Å². The highest BCUT2D eigenvalue weighted by molar-refractivity contribution is 5.73. The summed E-state index contributed by atoms with van der Waals surface area (Å²) in [7, 11) is 0. The summed E-state index contributed by atoms with van der Waals surface area (Å²) < 4.78 is 0. The van der Waals surface area contributed by atoms with Gasteiger partial charge in [0.25, 0.3) is 0 Å². The minimum Gasteiger partial charge on any atom is -0.394 e. The molecule has 0 bridgehead atoms. The molecule has 0 aliphatic heterocycles. The van der Waals surface area contributed by atoms with Crippen molar-refractivity contribution in [3.05, 3.63) is 0 Å². The fraction of sp³-hybridized carbons (Fsp3) is 0.900. The Morgan fingerprint density at radius 2 is 2.23 bits per heavy atom. The molecule has 1 rings (SSSR count). The number of carbonyl (C=O) groups excluding carboxylic acids is 1. The topological polar surface area (TPSA) is 40.5 Å². The molecule has 1 atom stereocenters. The minimum absolute atomic E-state index is 0.0260. The first kappa shape index (κ1) is 10.5. The molecule has 0 radical (unpaired) electrons. The van der Waals surface area contributed by atoms with Gasteiger partial charge in [-0.05, 0) is 25.2 Å². The Morgan fingerprint density at radius 1 is 1.62 bits per heavy atom. The van der Waals surface area contributed by atoms with Crippen LogP contribution in [0.5, 0.6) is 0 Å². The van der Waals surface area contributed by atoms with Gasteiger partial charge < -0.3 is 10.0 Å². The first-order chi connectivity index (χ1) is 6.19. The molecule has 0 aromatic heterocycles. The molecule has 0 saturated heterocycles. The van der Waals surface area contributed by atoms with Crippen molar-refractivity contribution in [1.82, 2.24) is 4.90 Å². The average Bonchev–Trinajstić information content (AvgIpc) is 2.88. The molecule has 1 aliphatic rings. The minimum atomic E-state index is 0.0260. The van der Waals surface area contributed by atoms with Gasteiger partial charge in [-0.3, -0.25) is 4.79 Å². The monoisotopic (exact) mass is 185 g/mol. The third-order valence-electron chi connectivity index (χ3n) is 2.68. The summed E-state index contributed by atoms with van der Waals surface area (Å²) in [5, 5.41) is 9.08. The number of hydrogen-bond acceptors (Lipinski definition) is 2. The van der Waals surface area contributed by atoms with E-state index >= 15 is 0 Å². The van der Waals surface area contributed by atoms with Crippen molar-refractivity contribution in [3.63, 3.8) is 0 Å². The molecule has 1 aliphatic carbocycles. The molecule has 0 spiro atoms. The third kappa shape index (κ3) is 2.99. The van der Waals surface area contributed by atoms with Crippen LogP contribution in [0, 0.1) is 5.92 Å². The third-order valence-corrected chi connectivity index (χ3v) is 2.68. The van der Waals surface area contributed by atoms with Crippen LogP contribution < -0.4 is 0 Å². The molecular formula is C10H19NO2. The zero-order chi connectivity index (χ0) is 9.84. The predicted molar refractivity (Wildman–Crippen MR) is 51.3 cm³/mol. The second-order valence-corrected chi connectivity index (χ2v) is 3.86. The Morgan fingerprint density at radius 3 is 2.54 bits per heavy atom. The summed E-state index contributed by atoms with van der Waals surface area (Å²) in [6, 6.07) is 0.0260. The van der Waals surface area contributed by atoms with E-state index in [1.54, 1.807) is 6.92 Å². The van der Waals surface area contributed by atoms with Crippen LogP contribution in [0.3, 0.4) is 0 Å². The summed E-state index contributed by atoms with van der Waals surface area (Å²) in [5.41, 5.74) is 0. The van der Waals surface area contributed by atoms with Gasteiger partial charge in [-0.1, -0.05) is 6.92 Å². The molecule has 76 valence electrons. The molecule has 3 nitrogen and oxygen atoms in total. The van der Waals surface area contributed by atoms with Crippen LogP contribution in [0.1, 0.15) is 33.1 Å². The highest BCUT2D eigenvalue weighted by Crippen LogP contribution is 2.30. The summed E-state index contributed by atoms with van der Waals surface area (Å²) in [4.78, 5) is 13.1. The highest BCUT2D eigenvalue weighted by atomic mass is 16.3. The lowest BCUT2D eigenvalue weighted by Crippen LogP contribution is -2.42. The number of carbonyl (C=O) groups is 1. The summed E-state index contributed by atoms with van der Waals surface area (Å²) >= 11 is 0. The van der Waals surface area contributed by atoms with Gasteiger partial charge in [-0.25, -0.2) is 0 Å². The number of hydrogen-bond donors (Lipinski definition) is 1. The second-order valence-electron chi connectivity index (χ2n) is 3.86. The summed E-state index contributed by atoms with van der Waals surface area (Å²) in [5.74, 6) is 0.789. The Balaban J connectivity index is 2.47. The fourth-order valence-electron chi connectivity index (χ4n) is 1.56. The van der Waals surface area contributed by atoms with E-state index in [0.717, 1.165) is 13.0 Å². The lowest BCUT2D eigenvalue weighted by Gasteiger charge is -2.28. The van der Waals surface area contributed by atoms with E-state index in [1.807, 2.05) is 11.8 Å². The number of nitrogens with zero attached hydrogens (tertiary/aromatic N) is 1. The molecule has 13 heavy (non-hydrogen) atoms. The van der Waals surface area contributed by atoms with Gasteiger partial charge in [0.15, 0.2) is 0 Å². The molecule has 1 fully saturated rings. The molecule has 0 aromatic rings. The maximum absolute atomic E-state index is 11.3. The molecule has 0 heterocycles. The zero-order valence-corrected chi connectivity index (χ0v) is 8.49. The molecule has 3 heteroatoms. The molecule has 0 aromatic carbocycles. The zero-order valence-electron chi connectivity index (χ0n) is 8.49. The van der Waals surface area contributed by atoms with Crippen LogP contribution in [0.15, 0.2) is 0 Å². The Kier molecular flexibility index (Phi) is 3.72. The van der Waals surface area contributed by atoms with Crippen molar-refractivity contribution in [2.24, 2.45) is 5.92 Å². The first-order valence-electron chi connectivity index (χ1n) is 5.07. The van der Waals surface area contributed by atoms with Gasteiger partial charge in [-0.15, -0.1) is 0 Å². The number of amides is 1. The first-order valence-corrected chi connectivity index (χ1v) is 5.07. The number of rotatable bonds is 5. The standard InChI is InChI=1S/C10H19NO2/c1-3-10(7-12)11(8(2)13)6-9-4-5-9/h9-10,12H,3-7H2,1-2H3/t10-/m1/s1. The highest BCUT2D eigenvalue weighted by Gasteiger charge is 2.28. The fourth-order valence-corrected chi connectivity index (χ4v) is 1.56. The molecule has 0 unspecified atom stereocenters. The van der Waals surface area contributed by atoms with Crippen LogP contribution in [-0.2, 0) is 4.79 Å². The van der Waals surface area contributed by atoms with Gasteiger partial charge in [0.1, 0.15) is 0 Å². The van der Waals surface area contributed by atoms with Crippen LogP contribution in [0.2, 0.25) is 0 Å². The molecule has 1 N–H and O–H groups in total. The van der Waals surface area contributed by atoms with E-state index in [4.69, 9.17) is 5.11 Å². The Hall–Kier alpha value is -0.570. The van der Waals surface area contributed by atoms with Crippen LogP contribution in [0.4, 0.5) is 0 Å². The van der Waals surface area contributed by atoms with E-state index in [0.29, 0.717) is 5.92 Å². The summed E-state index contributed by atoms with van der Waals surface area (Å²) in [6.45, 7) is 4.52. The normalized spacial score (nSPS) is 18.4. The van der Waals surface area contributed by atoms with E-state index < -0.39 is 0 Å². The van der Waals surface area contributed by atoms with E-state index in [1.165, 1.54) is 12.8 Å². The Bertz CT molecular complexity index is 174. The van der Waals surface area contributed by atoms with Gasteiger partial charge in [0, 0.05) is 13.5 Å². The number of aliphatic hydroxyl groups is 1. The quantitative estimate of drug-likeness (QED) is 0.694. The molecule has 1 amide bonds.